The third kappa shape index (κ3) is 4.31. The lowest BCUT2D eigenvalue weighted by atomic mass is 9.85. The maximum atomic E-state index is 12.5. The summed E-state index contributed by atoms with van der Waals surface area (Å²) in [6.07, 6.45) is 4.68. The molecule has 2 fully saturated rings. The highest BCUT2D eigenvalue weighted by Gasteiger charge is 2.47. The second-order valence-electron chi connectivity index (χ2n) is 6.72. The lowest BCUT2D eigenvalue weighted by Gasteiger charge is -2.32. The molecule has 0 radical (unpaired) electrons. The Labute approximate surface area is 147 Å². The van der Waals surface area contributed by atoms with Gasteiger partial charge in [-0.15, -0.1) is 0 Å². The van der Waals surface area contributed by atoms with Gasteiger partial charge in [0.2, 0.25) is 5.91 Å². The van der Waals surface area contributed by atoms with E-state index in [1.807, 2.05) is 30.3 Å². The van der Waals surface area contributed by atoms with Crippen LogP contribution < -0.4 is 4.74 Å². The van der Waals surface area contributed by atoms with Gasteiger partial charge in [0.05, 0.1) is 6.61 Å². The van der Waals surface area contributed by atoms with E-state index in [4.69, 9.17) is 9.47 Å². The van der Waals surface area contributed by atoms with Gasteiger partial charge in [-0.1, -0.05) is 31.0 Å². The maximum Gasteiger partial charge on any atom is 0.326 e. The third-order valence-electron chi connectivity index (χ3n) is 5.13. The molecule has 3 atom stereocenters. The van der Waals surface area contributed by atoms with Gasteiger partial charge in [-0.3, -0.25) is 4.79 Å². The van der Waals surface area contributed by atoms with E-state index in [0.29, 0.717) is 25.6 Å². The molecule has 1 amide bonds. The van der Waals surface area contributed by atoms with E-state index in [9.17, 15) is 14.7 Å². The number of benzene rings is 1. The SMILES string of the molecule is O=C(O)C1CC2CCCCC2N1C(=O)COCCOc1ccccc1. The second kappa shape index (κ2) is 8.34. The molecule has 1 aromatic carbocycles. The number of carbonyl (C=O) groups is 2. The topological polar surface area (TPSA) is 76.1 Å². The molecule has 6 nitrogen and oxygen atoms in total. The molecule has 1 N–H and O–H groups in total. The molecule has 3 unspecified atom stereocenters. The van der Waals surface area contributed by atoms with Crippen LogP contribution in [0.3, 0.4) is 0 Å². The summed E-state index contributed by atoms with van der Waals surface area (Å²) in [7, 11) is 0. The zero-order valence-corrected chi connectivity index (χ0v) is 14.3. The molecule has 1 heterocycles. The first kappa shape index (κ1) is 17.7. The molecule has 0 aromatic heterocycles. The minimum atomic E-state index is -0.907. The third-order valence-corrected chi connectivity index (χ3v) is 5.13. The van der Waals surface area contributed by atoms with Gasteiger partial charge < -0.3 is 19.5 Å². The normalized spacial score (nSPS) is 25.4. The molecular weight excluding hydrogens is 322 g/mol. The van der Waals surface area contributed by atoms with E-state index in [-0.39, 0.29) is 18.6 Å². The molecule has 1 aliphatic carbocycles. The lowest BCUT2D eigenvalue weighted by Crippen LogP contribution is -2.47. The Balaban J connectivity index is 1.46. The predicted molar refractivity (Wildman–Crippen MR) is 91.4 cm³/mol. The van der Waals surface area contributed by atoms with Crippen molar-refractivity contribution in [2.24, 2.45) is 5.92 Å². The minimum Gasteiger partial charge on any atom is -0.491 e. The van der Waals surface area contributed by atoms with Crippen LogP contribution in [0.2, 0.25) is 0 Å². The van der Waals surface area contributed by atoms with Crippen molar-refractivity contribution in [3.05, 3.63) is 30.3 Å². The van der Waals surface area contributed by atoms with Crippen LogP contribution in [0.25, 0.3) is 0 Å². The van der Waals surface area contributed by atoms with Crippen LogP contribution in [-0.4, -0.2) is 53.8 Å². The Bertz CT molecular complexity index is 591. The molecular formula is C19H25NO5. The van der Waals surface area contributed by atoms with Crippen molar-refractivity contribution in [3.63, 3.8) is 0 Å². The highest BCUT2D eigenvalue weighted by atomic mass is 16.5. The van der Waals surface area contributed by atoms with E-state index in [1.54, 1.807) is 4.90 Å². The van der Waals surface area contributed by atoms with Gasteiger partial charge in [0.1, 0.15) is 25.0 Å². The second-order valence-corrected chi connectivity index (χ2v) is 6.72. The fourth-order valence-corrected chi connectivity index (χ4v) is 4.01. The van der Waals surface area contributed by atoms with Crippen LogP contribution in [0.5, 0.6) is 5.75 Å². The average Bonchev–Trinajstić information content (AvgIpc) is 3.02. The van der Waals surface area contributed by atoms with Gasteiger partial charge in [0, 0.05) is 6.04 Å². The van der Waals surface area contributed by atoms with Crippen LogP contribution in [-0.2, 0) is 14.3 Å². The van der Waals surface area contributed by atoms with Gasteiger partial charge in [-0.25, -0.2) is 4.79 Å². The molecule has 0 spiro atoms. The minimum absolute atomic E-state index is 0.0616. The van der Waals surface area contributed by atoms with Crippen molar-refractivity contribution in [1.29, 1.82) is 0 Å². The van der Waals surface area contributed by atoms with Gasteiger partial charge in [0.15, 0.2) is 0 Å². The fourth-order valence-electron chi connectivity index (χ4n) is 4.01. The Morgan fingerprint density at radius 3 is 2.64 bits per heavy atom. The van der Waals surface area contributed by atoms with E-state index in [0.717, 1.165) is 31.4 Å². The largest absolute Gasteiger partial charge is 0.491 e. The first-order valence-corrected chi connectivity index (χ1v) is 8.96. The average molecular weight is 347 g/mol. The summed E-state index contributed by atoms with van der Waals surface area (Å²) in [5.41, 5.74) is 0. The molecule has 3 rings (SSSR count). The summed E-state index contributed by atoms with van der Waals surface area (Å²) in [6.45, 7) is 0.553. The molecule has 1 aromatic rings. The van der Waals surface area contributed by atoms with Gasteiger partial charge in [-0.2, -0.15) is 0 Å². The van der Waals surface area contributed by atoms with Crippen molar-refractivity contribution in [2.75, 3.05) is 19.8 Å². The van der Waals surface area contributed by atoms with E-state index >= 15 is 0 Å². The fraction of sp³-hybridized carbons (Fsp3) is 0.579. The first-order valence-electron chi connectivity index (χ1n) is 8.96. The molecule has 25 heavy (non-hydrogen) atoms. The first-order chi connectivity index (χ1) is 12.2. The van der Waals surface area contributed by atoms with Crippen LogP contribution in [0.15, 0.2) is 30.3 Å². The number of amides is 1. The molecule has 6 heteroatoms. The summed E-state index contributed by atoms with van der Waals surface area (Å²) in [5, 5.41) is 9.46. The van der Waals surface area contributed by atoms with Crippen LogP contribution in [0.4, 0.5) is 0 Å². The monoisotopic (exact) mass is 347 g/mol. The number of hydrogen-bond donors (Lipinski definition) is 1. The number of nitrogens with zero attached hydrogens (tertiary/aromatic N) is 1. The molecule has 2 aliphatic rings. The number of carboxylic acid groups (broad SMARTS) is 1. The number of hydrogen-bond acceptors (Lipinski definition) is 4. The molecule has 0 bridgehead atoms. The Hall–Kier alpha value is -2.08. The number of fused-ring (bicyclic) bond motifs is 1. The summed E-state index contributed by atoms with van der Waals surface area (Å²) in [4.78, 5) is 25.7. The number of para-hydroxylation sites is 1. The van der Waals surface area contributed by atoms with Gasteiger partial charge in [-0.05, 0) is 37.3 Å². The van der Waals surface area contributed by atoms with Crippen molar-refractivity contribution in [1.82, 2.24) is 4.90 Å². The zero-order chi connectivity index (χ0) is 17.6. The highest BCUT2D eigenvalue weighted by molar-refractivity contribution is 5.85. The molecule has 1 aliphatic heterocycles. The van der Waals surface area contributed by atoms with E-state index in [1.165, 1.54) is 0 Å². The number of aliphatic carboxylic acids is 1. The van der Waals surface area contributed by atoms with Crippen LogP contribution >= 0.6 is 0 Å². The number of likely N-dealkylation sites (tertiary alicyclic amines) is 1. The van der Waals surface area contributed by atoms with Crippen LogP contribution in [0, 0.1) is 5.92 Å². The number of ether oxygens (including phenoxy) is 2. The van der Waals surface area contributed by atoms with Crippen LogP contribution in [0.1, 0.15) is 32.1 Å². The molecule has 1 saturated heterocycles. The number of rotatable bonds is 7. The lowest BCUT2D eigenvalue weighted by molar-refractivity contribution is -0.152. The standard InChI is InChI=1S/C19H25NO5/c21-18(13-24-10-11-25-15-7-2-1-3-8-15)20-16-9-5-4-6-14(16)12-17(20)19(22)23/h1-3,7-8,14,16-17H,4-6,9-13H2,(H,22,23). The summed E-state index contributed by atoms with van der Waals surface area (Å²) < 4.78 is 10.9. The molecule has 1 saturated carbocycles. The number of carbonyl (C=O) groups excluding carboxylic acids is 1. The van der Waals surface area contributed by atoms with Crippen molar-refractivity contribution < 1.29 is 24.2 Å². The smallest absolute Gasteiger partial charge is 0.326 e. The van der Waals surface area contributed by atoms with Crippen molar-refractivity contribution >= 4 is 11.9 Å². The quantitative estimate of drug-likeness (QED) is 0.766. The van der Waals surface area contributed by atoms with Crippen molar-refractivity contribution in [3.8, 4) is 5.75 Å². The van der Waals surface area contributed by atoms with Gasteiger partial charge >= 0.3 is 5.97 Å². The van der Waals surface area contributed by atoms with E-state index in [2.05, 4.69) is 0 Å². The number of carboxylic acids is 1. The van der Waals surface area contributed by atoms with Crippen molar-refractivity contribution in [2.45, 2.75) is 44.2 Å². The summed E-state index contributed by atoms with van der Waals surface area (Å²) >= 11 is 0. The Kier molecular flexibility index (Phi) is 5.91. The summed E-state index contributed by atoms with van der Waals surface area (Å²) in [5.74, 6) is -0.0511. The zero-order valence-electron chi connectivity index (χ0n) is 14.3. The van der Waals surface area contributed by atoms with E-state index < -0.39 is 12.0 Å². The predicted octanol–water partition coefficient (Wildman–Crippen LogP) is 2.33. The Morgan fingerprint density at radius 1 is 1.12 bits per heavy atom. The van der Waals surface area contributed by atoms with Gasteiger partial charge in [0.25, 0.3) is 0 Å². The summed E-state index contributed by atoms with van der Waals surface area (Å²) in [6, 6.07) is 8.76. The molecule has 136 valence electrons. The highest BCUT2D eigenvalue weighted by Crippen LogP contribution is 2.39. The Morgan fingerprint density at radius 2 is 1.88 bits per heavy atom. The maximum absolute atomic E-state index is 12.5.